The van der Waals surface area contributed by atoms with Crippen molar-refractivity contribution in [2.45, 2.75) is 32.0 Å². The van der Waals surface area contributed by atoms with E-state index in [0.29, 0.717) is 6.04 Å². The van der Waals surface area contributed by atoms with E-state index >= 15 is 0 Å². The molecule has 0 aromatic heterocycles. The van der Waals surface area contributed by atoms with Crippen molar-refractivity contribution >= 4 is 5.69 Å². The van der Waals surface area contributed by atoms with E-state index in [-0.39, 0.29) is 0 Å². The van der Waals surface area contributed by atoms with Gasteiger partial charge in [0.15, 0.2) is 0 Å². The first-order valence-corrected chi connectivity index (χ1v) is 7.46. The van der Waals surface area contributed by atoms with E-state index in [4.69, 9.17) is 10.5 Å². The van der Waals surface area contributed by atoms with Gasteiger partial charge in [-0.15, -0.1) is 0 Å². The lowest BCUT2D eigenvalue weighted by Gasteiger charge is -2.22. The van der Waals surface area contributed by atoms with E-state index in [1.165, 1.54) is 24.0 Å². The van der Waals surface area contributed by atoms with Crippen molar-refractivity contribution in [2.75, 3.05) is 12.8 Å². The number of hydrogen-bond donors (Lipinski definition) is 1. The van der Waals surface area contributed by atoms with Crippen molar-refractivity contribution in [1.29, 1.82) is 0 Å². The Kier molecular flexibility index (Phi) is 4.11. The number of anilines is 1. The minimum atomic E-state index is 0.706. The summed E-state index contributed by atoms with van der Waals surface area (Å²) in [5.41, 5.74) is 9.30. The molecule has 0 amide bonds. The molecule has 0 radical (unpaired) electrons. The smallest absolute Gasteiger partial charge is 0.121 e. The summed E-state index contributed by atoms with van der Waals surface area (Å²) >= 11 is 0. The van der Waals surface area contributed by atoms with Gasteiger partial charge in [-0.2, -0.15) is 0 Å². The Morgan fingerprint density at radius 2 is 1.76 bits per heavy atom. The van der Waals surface area contributed by atoms with E-state index < -0.39 is 0 Å². The summed E-state index contributed by atoms with van der Waals surface area (Å²) in [6, 6.07) is 17.3. The third-order valence-corrected chi connectivity index (χ3v) is 3.90. The number of ether oxygens (including phenoxy) is 1. The summed E-state index contributed by atoms with van der Waals surface area (Å²) < 4.78 is 5.31. The van der Waals surface area contributed by atoms with Crippen LogP contribution in [0.25, 0.3) is 0 Å². The minimum absolute atomic E-state index is 0.706. The maximum Gasteiger partial charge on any atom is 0.121 e. The van der Waals surface area contributed by atoms with Gasteiger partial charge >= 0.3 is 0 Å². The van der Waals surface area contributed by atoms with Crippen LogP contribution in [0.3, 0.4) is 0 Å². The lowest BCUT2D eigenvalue weighted by Crippen LogP contribution is -2.25. The summed E-state index contributed by atoms with van der Waals surface area (Å²) in [6.45, 7) is 1.91. The van der Waals surface area contributed by atoms with Crippen LogP contribution in [0.5, 0.6) is 5.75 Å². The standard InChI is InChI=1S/C18H22N2O/c1-21-18-10-15(9-16(19)11-18)13-20(17-7-8-17)12-14-5-3-2-4-6-14/h2-6,9-11,17H,7-8,12-13,19H2,1H3. The van der Waals surface area contributed by atoms with E-state index in [1.54, 1.807) is 7.11 Å². The first kappa shape index (κ1) is 14.0. The maximum absolute atomic E-state index is 5.96. The maximum atomic E-state index is 5.96. The predicted octanol–water partition coefficient (Wildman–Crippen LogP) is 3.44. The molecule has 0 atom stereocenters. The second-order valence-corrected chi connectivity index (χ2v) is 5.74. The minimum Gasteiger partial charge on any atom is -0.497 e. The first-order valence-electron chi connectivity index (χ1n) is 7.46. The van der Waals surface area contributed by atoms with Crippen molar-refractivity contribution < 1.29 is 4.74 Å². The highest BCUT2D eigenvalue weighted by Crippen LogP contribution is 2.30. The molecule has 0 bridgehead atoms. The Balaban J connectivity index is 1.75. The summed E-state index contributed by atoms with van der Waals surface area (Å²) in [4.78, 5) is 2.53. The van der Waals surface area contributed by atoms with Gasteiger partial charge in [0.1, 0.15) is 5.75 Å². The predicted molar refractivity (Wildman–Crippen MR) is 86.1 cm³/mol. The second-order valence-electron chi connectivity index (χ2n) is 5.74. The SMILES string of the molecule is COc1cc(N)cc(CN(Cc2ccccc2)C2CC2)c1. The van der Waals surface area contributed by atoms with Crippen LogP contribution in [0.2, 0.25) is 0 Å². The Bertz CT molecular complexity index is 593. The molecule has 3 nitrogen and oxygen atoms in total. The van der Waals surface area contributed by atoms with Gasteiger partial charge in [0.25, 0.3) is 0 Å². The fourth-order valence-corrected chi connectivity index (χ4v) is 2.70. The summed E-state index contributed by atoms with van der Waals surface area (Å²) in [6.07, 6.45) is 2.60. The fourth-order valence-electron chi connectivity index (χ4n) is 2.70. The van der Waals surface area contributed by atoms with Crippen molar-refractivity contribution in [1.82, 2.24) is 4.90 Å². The molecular formula is C18H22N2O. The Labute approximate surface area is 126 Å². The largest absolute Gasteiger partial charge is 0.497 e. The molecule has 1 aliphatic carbocycles. The molecule has 2 aromatic carbocycles. The summed E-state index contributed by atoms with van der Waals surface area (Å²) in [5, 5.41) is 0. The van der Waals surface area contributed by atoms with Crippen molar-refractivity contribution in [2.24, 2.45) is 0 Å². The molecule has 2 aromatic rings. The molecule has 0 saturated heterocycles. The van der Waals surface area contributed by atoms with Gasteiger partial charge in [0.05, 0.1) is 7.11 Å². The highest BCUT2D eigenvalue weighted by atomic mass is 16.5. The molecule has 1 aliphatic rings. The summed E-state index contributed by atoms with van der Waals surface area (Å²) in [7, 11) is 1.68. The molecule has 3 heteroatoms. The average molecular weight is 282 g/mol. The average Bonchev–Trinajstić information content (AvgIpc) is 3.31. The van der Waals surface area contributed by atoms with E-state index in [0.717, 1.165) is 24.5 Å². The van der Waals surface area contributed by atoms with Crippen LogP contribution >= 0.6 is 0 Å². The first-order chi connectivity index (χ1) is 10.2. The zero-order chi connectivity index (χ0) is 14.7. The highest BCUT2D eigenvalue weighted by Gasteiger charge is 2.29. The van der Waals surface area contributed by atoms with Gasteiger partial charge in [0, 0.05) is 30.9 Å². The zero-order valence-corrected chi connectivity index (χ0v) is 12.5. The normalized spacial score (nSPS) is 14.4. The number of rotatable bonds is 6. The van der Waals surface area contributed by atoms with Gasteiger partial charge in [-0.3, -0.25) is 4.90 Å². The third-order valence-electron chi connectivity index (χ3n) is 3.90. The van der Waals surface area contributed by atoms with Crippen LogP contribution in [0.15, 0.2) is 48.5 Å². The monoisotopic (exact) mass is 282 g/mol. The molecule has 0 unspecified atom stereocenters. The topological polar surface area (TPSA) is 38.5 Å². The lowest BCUT2D eigenvalue weighted by molar-refractivity contribution is 0.245. The quantitative estimate of drug-likeness (QED) is 0.825. The van der Waals surface area contributed by atoms with Crippen LogP contribution < -0.4 is 10.5 Å². The number of hydrogen-bond acceptors (Lipinski definition) is 3. The molecule has 3 rings (SSSR count). The Morgan fingerprint density at radius 1 is 1.05 bits per heavy atom. The van der Waals surface area contributed by atoms with Gasteiger partial charge in [-0.05, 0) is 36.1 Å². The van der Waals surface area contributed by atoms with Crippen LogP contribution in [0, 0.1) is 0 Å². The number of nitrogens with two attached hydrogens (primary N) is 1. The summed E-state index contributed by atoms with van der Waals surface area (Å²) in [5.74, 6) is 0.834. The molecule has 0 heterocycles. The Hall–Kier alpha value is -2.00. The molecular weight excluding hydrogens is 260 g/mol. The van der Waals surface area contributed by atoms with Crippen molar-refractivity contribution in [3.63, 3.8) is 0 Å². The molecule has 21 heavy (non-hydrogen) atoms. The Morgan fingerprint density at radius 3 is 2.43 bits per heavy atom. The molecule has 110 valence electrons. The van der Waals surface area contributed by atoms with Crippen LogP contribution in [-0.4, -0.2) is 18.1 Å². The van der Waals surface area contributed by atoms with Crippen molar-refractivity contribution in [3.8, 4) is 5.75 Å². The number of nitrogen functional groups attached to an aromatic ring is 1. The van der Waals surface area contributed by atoms with Crippen LogP contribution in [0.4, 0.5) is 5.69 Å². The highest BCUT2D eigenvalue weighted by molar-refractivity contribution is 5.47. The van der Waals surface area contributed by atoms with Gasteiger partial charge in [-0.1, -0.05) is 30.3 Å². The van der Waals surface area contributed by atoms with E-state index in [9.17, 15) is 0 Å². The van der Waals surface area contributed by atoms with Crippen molar-refractivity contribution in [3.05, 3.63) is 59.7 Å². The zero-order valence-electron chi connectivity index (χ0n) is 12.5. The number of nitrogens with zero attached hydrogens (tertiary/aromatic N) is 1. The molecule has 0 aliphatic heterocycles. The number of benzene rings is 2. The lowest BCUT2D eigenvalue weighted by atomic mass is 10.1. The fraction of sp³-hybridized carbons (Fsp3) is 0.333. The van der Waals surface area contributed by atoms with Gasteiger partial charge < -0.3 is 10.5 Å². The molecule has 2 N–H and O–H groups in total. The van der Waals surface area contributed by atoms with Gasteiger partial charge in [0.2, 0.25) is 0 Å². The number of methoxy groups -OCH3 is 1. The van der Waals surface area contributed by atoms with Crippen LogP contribution in [-0.2, 0) is 13.1 Å². The van der Waals surface area contributed by atoms with E-state index in [1.807, 2.05) is 12.1 Å². The third kappa shape index (κ3) is 3.76. The molecule has 1 saturated carbocycles. The van der Waals surface area contributed by atoms with Crippen LogP contribution in [0.1, 0.15) is 24.0 Å². The second kappa shape index (κ2) is 6.19. The van der Waals surface area contributed by atoms with E-state index in [2.05, 4.69) is 41.3 Å². The molecule has 0 spiro atoms. The van der Waals surface area contributed by atoms with Gasteiger partial charge in [-0.25, -0.2) is 0 Å². The molecule has 1 fully saturated rings.